The van der Waals surface area contributed by atoms with Gasteiger partial charge in [0.25, 0.3) is 0 Å². The Morgan fingerprint density at radius 3 is 1.96 bits per heavy atom. The van der Waals surface area contributed by atoms with E-state index in [-0.39, 0.29) is 5.92 Å². The average molecular weight is 374 g/mol. The number of benzene rings is 1. The van der Waals surface area contributed by atoms with E-state index in [1.165, 1.54) is 0 Å². The Labute approximate surface area is 151 Å². The molecule has 1 atom stereocenters. The van der Waals surface area contributed by atoms with Gasteiger partial charge in [-0.15, -0.1) is 0 Å². The van der Waals surface area contributed by atoms with Crippen LogP contribution in [0.2, 0.25) is 0 Å². The van der Waals surface area contributed by atoms with Crippen molar-refractivity contribution in [2.45, 2.75) is 48.0 Å². The highest BCUT2D eigenvalue weighted by atomic mass is 19.2. The molecule has 1 unspecified atom stereocenters. The smallest absolute Gasteiger partial charge is 0.349 e. The molecule has 0 spiro atoms. The third-order valence-electron chi connectivity index (χ3n) is 4.43. The van der Waals surface area contributed by atoms with Gasteiger partial charge in [-0.1, -0.05) is 34.6 Å². The molecule has 7 heteroatoms. The normalized spacial score (nSPS) is 14.1. The van der Waals surface area contributed by atoms with Gasteiger partial charge in [-0.05, 0) is 24.7 Å². The van der Waals surface area contributed by atoms with Crippen LogP contribution in [0.5, 0.6) is 5.75 Å². The first kappa shape index (κ1) is 22.0. The molecular weight excluding hydrogens is 349 g/mol. The molecule has 0 radical (unpaired) electrons. The minimum atomic E-state index is -1.66. The largest absolute Gasteiger partial charge is 0.453 e. The lowest BCUT2D eigenvalue weighted by Gasteiger charge is -2.40. The van der Waals surface area contributed by atoms with Crippen molar-refractivity contribution < 1.29 is 32.2 Å². The first-order chi connectivity index (χ1) is 11.8. The van der Waals surface area contributed by atoms with Crippen molar-refractivity contribution in [2.24, 2.45) is 16.7 Å². The summed E-state index contributed by atoms with van der Waals surface area (Å²) in [6.07, 6.45) is 0.554. The second kappa shape index (κ2) is 8.10. The van der Waals surface area contributed by atoms with Crippen molar-refractivity contribution in [1.29, 1.82) is 0 Å². The van der Waals surface area contributed by atoms with E-state index in [4.69, 9.17) is 9.47 Å². The summed E-state index contributed by atoms with van der Waals surface area (Å²) >= 11 is 0. The predicted octanol–water partition coefficient (Wildman–Crippen LogP) is 4.65. The predicted molar refractivity (Wildman–Crippen MR) is 89.9 cm³/mol. The molecular formula is C19H25F3O4. The first-order valence-electron chi connectivity index (χ1n) is 8.30. The van der Waals surface area contributed by atoms with E-state index >= 15 is 0 Å². The van der Waals surface area contributed by atoms with Crippen LogP contribution in [0.15, 0.2) is 12.1 Å². The fourth-order valence-corrected chi connectivity index (χ4v) is 2.55. The number of rotatable bonds is 6. The van der Waals surface area contributed by atoms with E-state index in [1.54, 1.807) is 6.92 Å². The molecule has 0 N–H and O–H groups in total. The molecule has 0 fully saturated rings. The fourth-order valence-electron chi connectivity index (χ4n) is 2.55. The third kappa shape index (κ3) is 5.22. The number of carbonyl (C=O) groups is 2. The summed E-state index contributed by atoms with van der Waals surface area (Å²) in [5.41, 5.74) is -1.25. The Morgan fingerprint density at radius 2 is 1.54 bits per heavy atom. The maximum absolute atomic E-state index is 13.1. The topological polar surface area (TPSA) is 52.6 Å². The average Bonchev–Trinajstić information content (AvgIpc) is 2.48. The van der Waals surface area contributed by atoms with Gasteiger partial charge in [0, 0.05) is 12.1 Å². The van der Waals surface area contributed by atoms with E-state index in [2.05, 4.69) is 0 Å². The van der Waals surface area contributed by atoms with Crippen LogP contribution in [0.4, 0.5) is 13.2 Å². The minimum Gasteiger partial charge on any atom is -0.453 e. The third-order valence-corrected chi connectivity index (χ3v) is 4.43. The van der Waals surface area contributed by atoms with Crippen LogP contribution in [0.1, 0.15) is 48.0 Å². The van der Waals surface area contributed by atoms with E-state index in [0.29, 0.717) is 18.6 Å². The van der Waals surface area contributed by atoms with Crippen LogP contribution in [-0.4, -0.2) is 18.5 Å². The van der Waals surface area contributed by atoms with Crippen molar-refractivity contribution >= 4 is 11.9 Å². The van der Waals surface area contributed by atoms with Gasteiger partial charge in [0.1, 0.15) is 5.75 Å². The second-order valence-corrected chi connectivity index (χ2v) is 7.93. The summed E-state index contributed by atoms with van der Waals surface area (Å²) in [6.45, 7) is 10.7. The molecule has 0 aliphatic rings. The zero-order valence-electron chi connectivity index (χ0n) is 15.9. The van der Waals surface area contributed by atoms with Crippen LogP contribution >= 0.6 is 0 Å². The zero-order chi connectivity index (χ0) is 20.3. The molecule has 146 valence electrons. The van der Waals surface area contributed by atoms with Gasteiger partial charge in [0.2, 0.25) is 0 Å². The van der Waals surface area contributed by atoms with Crippen LogP contribution in [0, 0.1) is 34.2 Å². The second-order valence-electron chi connectivity index (χ2n) is 7.93. The molecule has 0 heterocycles. The van der Waals surface area contributed by atoms with E-state index in [1.807, 2.05) is 34.6 Å². The highest BCUT2D eigenvalue weighted by molar-refractivity contribution is 5.81. The van der Waals surface area contributed by atoms with Crippen molar-refractivity contribution in [2.75, 3.05) is 6.61 Å². The summed E-state index contributed by atoms with van der Waals surface area (Å²) in [4.78, 5) is 24.3. The fraction of sp³-hybridized carbons (Fsp3) is 0.579. The first-order valence-corrected chi connectivity index (χ1v) is 8.30. The van der Waals surface area contributed by atoms with Crippen LogP contribution in [-0.2, 0) is 14.3 Å². The number of esters is 2. The molecule has 0 aliphatic heterocycles. The minimum absolute atomic E-state index is 0.226. The van der Waals surface area contributed by atoms with Crippen LogP contribution in [0.25, 0.3) is 0 Å². The Balaban J connectivity index is 2.78. The molecule has 0 saturated carbocycles. The standard InChI is InChI=1S/C19H25F3O4/c1-11(2)9-19(6,18(3,4)5)17(24)25-10-15(23)26-12-7-13(20)16(22)14(21)8-12/h7-8,11H,9-10H2,1-6H3. The maximum atomic E-state index is 13.1. The van der Waals surface area contributed by atoms with Crippen molar-refractivity contribution in [3.05, 3.63) is 29.6 Å². The van der Waals surface area contributed by atoms with E-state index in [9.17, 15) is 22.8 Å². The number of carbonyl (C=O) groups excluding carboxylic acids is 2. The summed E-state index contributed by atoms with van der Waals surface area (Å²) < 4.78 is 48.9. The summed E-state index contributed by atoms with van der Waals surface area (Å²) in [5, 5.41) is 0. The quantitative estimate of drug-likeness (QED) is 0.413. The monoisotopic (exact) mass is 374 g/mol. The number of hydrogen-bond acceptors (Lipinski definition) is 4. The van der Waals surface area contributed by atoms with E-state index in [0.717, 1.165) is 0 Å². The molecule has 1 rings (SSSR count). The van der Waals surface area contributed by atoms with Gasteiger partial charge < -0.3 is 9.47 Å². The van der Waals surface area contributed by atoms with Gasteiger partial charge in [-0.2, -0.15) is 0 Å². The van der Waals surface area contributed by atoms with Gasteiger partial charge in [0.05, 0.1) is 5.41 Å². The molecule has 0 saturated heterocycles. The highest BCUT2D eigenvalue weighted by Gasteiger charge is 2.46. The number of halogens is 3. The Bertz CT molecular complexity index is 657. The van der Waals surface area contributed by atoms with Gasteiger partial charge in [-0.3, -0.25) is 4.79 Å². The highest BCUT2D eigenvalue weighted by Crippen LogP contribution is 2.44. The van der Waals surface area contributed by atoms with Gasteiger partial charge in [-0.25, -0.2) is 18.0 Å². The molecule has 0 bridgehead atoms. The van der Waals surface area contributed by atoms with Gasteiger partial charge in [0.15, 0.2) is 24.1 Å². The lowest BCUT2D eigenvalue weighted by atomic mass is 9.64. The molecule has 26 heavy (non-hydrogen) atoms. The molecule has 0 aromatic heterocycles. The Morgan fingerprint density at radius 1 is 1.04 bits per heavy atom. The molecule has 1 aromatic carbocycles. The lowest BCUT2D eigenvalue weighted by molar-refractivity contribution is -0.168. The SMILES string of the molecule is CC(C)CC(C)(C(=O)OCC(=O)Oc1cc(F)c(F)c(F)c1)C(C)(C)C. The van der Waals surface area contributed by atoms with Crippen molar-refractivity contribution in [3.63, 3.8) is 0 Å². The van der Waals surface area contributed by atoms with E-state index < -0.39 is 52.6 Å². The Hall–Kier alpha value is -2.05. The van der Waals surface area contributed by atoms with Crippen LogP contribution < -0.4 is 4.74 Å². The lowest BCUT2D eigenvalue weighted by Crippen LogP contribution is -2.43. The Kier molecular flexibility index (Phi) is 6.85. The zero-order valence-corrected chi connectivity index (χ0v) is 15.9. The number of hydrogen-bond donors (Lipinski definition) is 0. The van der Waals surface area contributed by atoms with Crippen molar-refractivity contribution in [3.8, 4) is 5.75 Å². The number of ether oxygens (including phenoxy) is 2. The van der Waals surface area contributed by atoms with Crippen molar-refractivity contribution in [1.82, 2.24) is 0 Å². The molecule has 4 nitrogen and oxygen atoms in total. The summed E-state index contributed by atoms with van der Waals surface area (Å²) in [6, 6.07) is 1.08. The maximum Gasteiger partial charge on any atom is 0.349 e. The summed E-state index contributed by atoms with van der Waals surface area (Å²) in [5.74, 6) is -6.50. The van der Waals surface area contributed by atoms with Crippen LogP contribution in [0.3, 0.4) is 0 Å². The molecule has 0 amide bonds. The summed E-state index contributed by atoms with van der Waals surface area (Å²) in [7, 11) is 0. The molecule has 1 aromatic rings. The molecule has 0 aliphatic carbocycles. The van der Waals surface area contributed by atoms with Gasteiger partial charge >= 0.3 is 11.9 Å².